The fourth-order valence-electron chi connectivity index (χ4n) is 1.66. The minimum atomic E-state index is -0.402. The van der Waals surface area contributed by atoms with Gasteiger partial charge in [0.05, 0.1) is 31.0 Å². The van der Waals surface area contributed by atoms with Crippen LogP contribution in [-0.2, 0) is 16.1 Å². The standard InChI is InChI=1S/C12H12FNO2/c13-11-4-9(6-14)3-10(5-11)7-16-12-1-2-15-8-12/h3-5,12H,1-2,7-8H2. The van der Waals surface area contributed by atoms with Crippen LogP contribution in [0.5, 0.6) is 0 Å². The van der Waals surface area contributed by atoms with Crippen LogP contribution in [0.2, 0.25) is 0 Å². The number of rotatable bonds is 3. The largest absolute Gasteiger partial charge is 0.379 e. The molecule has 84 valence electrons. The first-order valence-corrected chi connectivity index (χ1v) is 5.17. The van der Waals surface area contributed by atoms with Crippen LogP contribution in [0.4, 0.5) is 4.39 Å². The minimum absolute atomic E-state index is 0.0915. The molecule has 0 spiro atoms. The highest BCUT2D eigenvalue weighted by Gasteiger charge is 2.16. The topological polar surface area (TPSA) is 42.2 Å². The molecule has 0 saturated carbocycles. The molecule has 0 aliphatic carbocycles. The van der Waals surface area contributed by atoms with Crippen LogP contribution in [-0.4, -0.2) is 19.3 Å². The van der Waals surface area contributed by atoms with E-state index in [-0.39, 0.29) is 6.10 Å². The number of hydrogen-bond donors (Lipinski definition) is 0. The van der Waals surface area contributed by atoms with Crippen LogP contribution >= 0.6 is 0 Å². The van der Waals surface area contributed by atoms with Gasteiger partial charge in [0.1, 0.15) is 5.82 Å². The van der Waals surface area contributed by atoms with Gasteiger partial charge in [0.2, 0.25) is 0 Å². The molecule has 0 N–H and O–H groups in total. The van der Waals surface area contributed by atoms with Crippen molar-refractivity contribution in [1.82, 2.24) is 0 Å². The number of hydrogen-bond acceptors (Lipinski definition) is 3. The Hall–Kier alpha value is -1.44. The van der Waals surface area contributed by atoms with Crippen LogP contribution in [0.25, 0.3) is 0 Å². The first kappa shape index (κ1) is 11.1. The second-order valence-corrected chi connectivity index (χ2v) is 3.76. The van der Waals surface area contributed by atoms with Crippen LogP contribution in [0.1, 0.15) is 17.5 Å². The van der Waals surface area contributed by atoms with E-state index in [0.717, 1.165) is 13.0 Å². The molecule has 16 heavy (non-hydrogen) atoms. The predicted octanol–water partition coefficient (Wildman–Crippen LogP) is 2.00. The summed E-state index contributed by atoms with van der Waals surface area (Å²) in [5.41, 5.74) is 1.00. The van der Waals surface area contributed by atoms with Crippen molar-refractivity contribution >= 4 is 0 Å². The van der Waals surface area contributed by atoms with Crippen LogP contribution < -0.4 is 0 Å². The van der Waals surface area contributed by atoms with Gasteiger partial charge in [0.25, 0.3) is 0 Å². The molecule has 0 amide bonds. The molecule has 0 aromatic heterocycles. The summed E-state index contributed by atoms with van der Waals surface area (Å²) in [7, 11) is 0. The number of nitriles is 1. The van der Waals surface area contributed by atoms with Gasteiger partial charge < -0.3 is 9.47 Å². The molecular weight excluding hydrogens is 209 g/mol. The molecule has 0 bridgehead atoms. The van der Waals surface area contributed by atoms with Gasteiger partial charge in [-0.1, -0.05) is 0 Å². The molecule has 1 aliphatic heterocycles. The molecule has 2 rings (SSSR count). The summed E-state index contributed by atoms with van der Waals surface area (Å²) in [6.45, 7) is 1.64. The van der Waals surface area contributed by atoms with E-state index in [1.807, 2.05) is 6.07 Å². The molecule has 1 atom stereocenters. The van der Waals surface area contributed by atoms with E-state index in [1.54, 1.807) is 6.07 Å². The average molecular weight is 221 g/mol. The summed E-state index contributed by atoms with van der Waals surface area (Å²) < 4.78 is 23.8. The van der Waals surface area contributed by atoms with Gasteiger partial charge in [-0.25, -0.2) is 4.39 Å². The summed E-state index contributed by atoms with van der Waals surface area (Å²) in [5, 5.41) is 8.69. The molecule has 1 unspecified atom stereocenters. The van der Waals surface area contributed by atoms with Gasteiger partial charge in [-0.2, -0.15) is 5.26 Å². The Morgan fingerprint density at radius 2 is 2.38 bits per heavy atom. The first-order valence-electron chi connectivity index (χ1n) is 5.17. The number of benzene rings is 1. The number of nitrogens with zero attached hydrogens (tertiary/aromatic N) is 1. The lowest BCUT2D eigenvalue weighted by molar-refractivity contribution is 0.0316. The van der Waals surface area contributed by atoms with Crippen molar-refractivity contribution < 1.29 is 13.9 Å². The Balaban J connectivity index is 1.98. The van der Waals surface area contributed by atoms with Crippen molar-refractivity contribution in [1.29, 1.82) is 5.26 Å². The van der Waals surface area contributed by atoms with E-state index in [4.69, 9.17) is 14.7 Å². The predicted molar refractivity (Wildman–Crippen MR) is 55.1 cm³/mol. The zero-order chi connectivity index (χ0) is 11.4. The molecule has 1 aromatic rings. The van der Waals surface area contributed by atoms with Crippen molar-refractivity contribution in [2.45, 2.75) is 19.1 Å². The normalized spacial score (nSPS) is 19.6. The third-order valence-corrected chi connectivity index (χ3v) is 2.46. The fraction of sp³-hybridized carbons (Fsp3) is 0.417. The van der Waals surface area contributed by atoms with E-state index < -0.39 is 5.82 Å². The SMILES string of the molecule is N#Cc1cc(F)cc(COC2CCOC2)c1. The lowest BCUT2D eigenvalue weighted by Gasteiger charge is -2.09. The Kier molecular flexibility index (Phi) is 3.50. The van der Waals surface area contributed by atoms with Crippen molar-refractivity contribution in [3.63, 3.8) is 0 Å². The van der Waals surface area contributed by atoms with E-state index >= 15 is 0 Å². The second-order valence-electron chi connectivity index (χ2n) is 3.76. The molecule has 1 fully saturated rings. The zero-order valence-electron chi connectivity index (χ0n) is 8.78. The van der Waals surface area contributed by atoms with Crippen molar-refractivity contribution in [2.24, 2.45) is 0 Å². The Labute approximate surface area is 93.4 Å². The smallest absolute Gasteiger partial charge is 0.124 e. The molecule has 0 radical (unpaired) electrons. The van der Waals surface area contributed by atoms with Crippen molar-refractivity contribution in [3.05, 3.63) is 35.1 Å². The summed E-state index contributed by atoms with van der Waals surface area (Å²) in [6, 6.07) is 6.15. The van der Waals surface area contributed by atoms with E-state index in [1.165, 1.54) is 12.1 Å². The lowest BCUT2D eigenvalue weighted by atomic mass is 10.1. The molecular formula is C12H12FNO2. The zero-order valence-corrected chi connectivity index (χ0v) is 8.78. The molecule has 1 aromatic carbocycles. The molecule has 4 heteroatoms. The van der Waals surface area contributed by atoms with Crippen LogP contribution in [0.3, 0.4) is 0 Å². The molecule has 3 nitrogen and oxygen atoms in total. The van der Waals surface area contributed by atoms with Crippen LogP contribution in [0.15, 0.2) is 18.2 Å². The average Bonchev–Trinajstić information content (AvgIpc) is 2.78. The van der Waals surface area contributed by atoms with E-state index in [9.17, 15) is 4.39 Å². The lowest BCUT2D eigenvalue weighted by Crippen LogP contribution is -2.12. The monoisotopic (exact) mass is 221 g/mol. The number of halogens is 1. The maximum Gasteiger partial charge on any atom is 0.124 e. The molecule has 1 heterocycles. The van der Waals surface area contributed by atoms with Gasteiger partial charge >= 0.3 is 0 Å². The Morgan fingerprint density at radius 1 is 1.50 bits per heavy atom. The Morgan fingerprint density at radius 3 is 3.06 bits per heavy atom. The van der Waals surface area contributed by atoms with Gasteiger partial charge in [-0.05, 0) is 30.2 Å². The van der Waals surface area contributed by atoms with Gasteiger partial charge in [-0.3, -0.25) is 0 Å². The van der Waals surface area contributed by atoms with Gasteiger partial charge in [0.15, 0.2) is 0 Å². The van der Waals surface area contributed by atoms with Crippen molar-refractivity contribution in [3.8, 4) is 6.07 Å². The second kappa shape index (κ2) is 5.06. The third-order valence-electron chi connectivity index (χ3n) is 2.46. The summed E-state index contributed by atoms with van der Waals surface area (Å²) in [5.74, 6) is -0.402. The highest BCUT2D eigenvalue weighted by atomic mass is 19.1. The summed E-state index contributed by atoms with van der Waals surface area (Å²) in [4.78, 5) is 0. The first-order chi connectivity index (χ1) is 7.78. The number of ether oxygens (including phenoxy) is 2. The van der Waals surface area contributed by atoms with E-state index in [0.29, 0.717) is 24.3 Å². The van der Waals surface area contributed by atoms with Gasteiger partial charge in [-0.15, -0.1) is 0 Å². The van der Waals surface area contributed by atoms with E-state index in [2.05, 4.69) is 0 Å². The van der Waals surface area contributed by atoms with Gasteiger partial charge in [0, 0.05) is 6.61 Å². The summed E-state index contributed by atoms with van der Waals surface area (Å²) in [6.07, 6.45) is 0.967. The third kappa shape index (κ3) is 2.78. The van der Waals surface area contributed by atoms with Crippen LogP contribution in [0, 0.1) is 17.1 Å². The minimum Gasteiger partial charge on any atom is -0.379 e. The van der Waals surface area contributed by atoms with Crippen molar-refractivity contribution in [2.75, 3.05) is 13.2 Å². The highest BCUT2D eigenvalue weighted by Crippen LogP contribution is 2.14. The fourth-order valence-corrected chi connectivity index (χ4v) is 1.66. The summed E-state index contributed by atoms with van der Waals surface area (Å²) >= 11 is 0. The molecule has 1 saturated heterocycles. The Bertz CT molecular complexity index is 408. The quantitative estimate of drug-likeness (QED) is 0.784. The molecule has 1 aliphatic rings. The maximum absolute atomic E-state index is 13.1. The highest BCUT2D eigenvalue weighted by molar-refractivity contribution is 5.33. The maximum atomic E-state index is 13.1.